The fourth-order valence-corrected chi connectivity index (χ4v) is 4.40. The van der Waals surface area contributed by atoms with Crippen molar-refractivity contribution in [3.05, 3.63) is 63.6 Å². The molecule has 0 aliphatic heterocycles. The molecule has 2 heterocycles. The minimum atomic E-state index is -3.68. The number of hydrogen-bond donors (Lipinski definition) is 1. The molecule has 3 aromatic rings. The van der Waals surface area contributed by atoms with Gasteiger partial charge in [0.25, 0.3) is 10.0 Å². The molecule has 0 amide bonds. The number of hydrogen-bond acceptors (Lipinski definition) is 4. The van der Waals surface area contributed by atoms with Crippen LogP contribution in [0.2, 0.25) is 10.0 Å². The second kappa shape index (κ2) is 6.52. The van der Waals surface area contributed by atoms with Crippen LogP contribution in [0.4, 0.5) is 5.82 Å². The summed E-state index contributed by atoms with van der Waals surface area (Å²) in [5, 5.41) is 6.70. The molecule has 0 saturated heterocycles. The molecule has 0 fully saturated rings. The number of rotatable bonds is 5. The third-order valence-corrected chi connectivity index (χ3v) is 6.38. The summed E-state index contributed by atoms with van der Waals surface area (Å²) in [5.41, 5.74) is 0.862. The van der Waals surface area contributed by atoms with Crippen molar-refractivity contribution in [3.8, 4) is 0 Å². The van der Waals surface area contributed by atoms with Crippen molar-refractivity contribution in [2.75, 3.05) is 4.72 Å². The summed E-state index contributed by atoms with van der Waals surface area (Å²) in [5.74, 6) is 0.0899. The minimum absolute atomic E-state index is 0.0899. The molecule has 0 spiro atoms. The minimum Gasteiger partial charge on any atom is -0.265 e. The SMILES string of the molecule is O=S(=O)(Nc1nn(Cc2ccccc2Cl)cc1Cl)c1cccs1. The Kier molecular flexibility index (Phi) is 4.63. The third-order valence-electron chi connectivity index (χ3n) is 3.00. The summed E-state index contributed by atoms with van der Waals surface area (Å²) in [6.07, 6.45) is 1.55. The highest BCUT2D eigenvalue weighted by Gasteiger charge is 2.19. The van der Waals surface area contributed by atoms with Crippen molar-refractivity contribution in [1.29, 1.82) is 0 Å². The molecule has 0 saturated carbocycles. The monoisotopic (exact) mass is 387 g/mol. The summed E-state index contributed by atoms with van der Waals surface area (Å²) in [6, 6.07) is 10.5. The van der Waals surface area contributed by atoms with Crippen molar-refractivity contribution in [1.82, 2.24) is 9.78 Å². The molecule has 5 nitrogen and oxygen atoms in total. The number of nitrogens with zero attached hydrogens (tertiary/aromatic N) is 2. The number of halogens is 2. The highest BCUT2D eigenvalue weighted by atomic mass is 35.5. The van der Waals surface area contributed by atoms with E-state index in [1.54, 1.807) is 23.7 Å². The number of thiophene rings is 1. The van der Waals surface area contributed by atoms with Gasteiger partial charge in [-0.05, 0) is 23.1 Å². The maximum absolute atomic E-state index is 12.2. The lowest BCUT2D eigenvalue weighted by Gasteiger charge is -2.05. The molecule has 0 atom stereocenters. The Balaban J connectivity index is 1.83. The van der Waals surface area contributed by atoms with Gasteiger partial charge in [0.1, 0.15) is 9.23 Å². The van der Waals surface area contributed by atoms with E-state index in [9.17, 15) is 8.42 Å². The zero-order valence-electron chi connectivity index (χ0n) is 11.6. The van der Waals surface area contributed by atoms with Gasteiger partial charge in [-0.3, -0.25) is 9.40 Å². The standard InChI is InChI=1S/C14H11Cl2N3O2S2/c15-11-5-2-1-4-10(11)8-19-9-12(16)14(17-19)18-23(20,21)13-6-3-7-22-13/h1-7,9H,8H2,(H,17,18). The van der Waals surface area contributed by atoms with Crippen LogP contribution < -0.4 is 4.72 Å². The van der Waals surface area contributed by atoms with Gasteiger partial charge in [0.15, 0.2) is 5.82 Å². The molecular weight excluding hydrogens is 377 g/mol. The van der Waals surface area contributed by atoms with E-state index in [4.69, 9.17) is 23.2 Å². The smallest absolute Gasteiger partial charge is 0.265 e. The first-order valence-electron chi connectivity index (χ1n) is 6.48. The number of sulfonamides is 1. The summed E-state index contributed by atoms with van der Waals surface area (Å²) < 4.78 is 28.5. The molecule has 2 aromatic heterocycles. The Hall–Kier alpha value is -1.54. The number of benzene rings is 1. The van der Waals surface area contributed by atoms with Gasteiger partial charge in [0.05, 0.1) is 6.54 Å². The van der Waals surface area contributed by atoms with Gasteiger partial charge >= 0.3 is 0 Å². The third kappa shape index (κ3) is 3.69. The number of aromatic nitrogens is 2. The Bertz CT molecular complexity index is 921. The molecule has 3 rings (SSSR count). The number of nitrogens with one attached hydrogen (secondary N) is 1. The Morgan fingerprint density at radius 1 is 1.13 bits per heavy atom. The van der Waals surface area contributed by atoms with Crippen LogP contribution >= 0.6 is 34.5 Å². The van der Waals surface area contributed by atoms with Gasteiger partial charge in [0, 0.05) is 11.2 Å². The summed E-state index contributed by atoms with van der Waals surface area (Å²) in [6.45, 7) is 0.389. The van der Waals surface area contributed by atoms with Crippen LogP contribution in [0, 0.1) is 0 Å². The lowest BCUT2D eigenvalue weighted by atomic mass is 10.2. The van der Waals surface area contributed by atoms with Gasteiger partial charge in [-0.1, -0.05) is 47.5 Å². The highest BCUT2D eigenvalue weighted by molar-refractivity contribution is 7.94. The Morgan fingerprint density at radius 3 is 2.61 bits per heavy atom. The molecule has 0 aliphatic rings. The molecule has 0 unspecified atom stereocenters. The van der Waals surface area contributed by atoms with Crippen LogP contribution in [0.15, 0.2) is 52.2 Å². The first kappa shape index (κ1) is 16.3. The average Bonchev–Trinajstić information content (AvgIpc) is 3.13. The van der Waals surface area contributed by atoms with Crippen LogP contribution in [0.5, 0.6) is 0 Å². The lowest BCUT2D eigenvalue weighted by molar-refractivity contribution is 0.602. The van der Waals surface area contributed by atoms with E-state index in [-0.39, 0.29) is 15.0 Å². The Morgan fingerprint density at radius 2 is 1.91 bits per heavy atom. The van der Waals surface area contributed by atoms with E-state index in [0.29, 0.717) is 11.6 Å². The molecule has 1 aromatic carbocycles. The van der Waals surface area contributed by atoms with Crippen LogP contribution in [0.25, 0.3) is 0 Å². The maximum Gasteiger partial charge on any atom is 0.272 e. The second-order valence-electron chi connectivity index (χ2n) is 4.65. The topological polar surface area (TPSA) is 64.0 Å². The molecule has 0 bridgehead atoms. The van der Waals surface area contributed by atoms with Gasteiger partial charge in [-0.25, -0.2) is 8.42 Å². The normalized spacial score (nSPS) is 11.6. The maximum atomic E-state index is 12.2. The first-order valence-corrected chi connectivity index (χ1v) is 9.60. The van der Waals surface area contributed by atoms with E-state index in [0.717, 1.165) is 16.9 Å². The fraction of sp³-hybridized carbons (Fsp3) is 0.0714. The first-order chi connectivity index (χ1) is 11.0. The second-order valence-corrected chi connectivity index (χ2v) is 8.32. The van der Waals surface area contributed by atoms with Crippen molar-refractivity contribution in [2.45, 2.75) is 10.8 Å². The summed E-state index contributed by atoms with van der Waals surface area (Å²) in [4.78, 5) is 0. The van der Waals surface area contributed by atoms with Crippen molar-refractivity contribution in [2.24, 2.45) is 0 Å². The number of anilines is 1. The van der Waals surface area contributed by atoms with Gasteiger partial charge < -0.3 is 0 Å². The predicted octanol–water partition coefficient (Wildman–Crippen LogP) is 4.10. The van der Waals surface area contributed by atoms with E-state index in [2.05, 4.69) is 9.82 Å². The van der Waals surface area contributed by atoms with Crippen LogP contribution in [0.3, 0.4) is 0 Å². The largest absolute Gasteiger partial charge is 0.272 e. The molecule has 9 heteroatoms. The molecule has 23 heavy (non-hydrogen) atoms. The van der Waals surface area contributed by atoms with Gasteiger partial charge in [0.2, 0.25) is 0 Å². The van der Waals surface area contributed by atoms with E-state index in [1.165, 1.54) is 10.7 Å². The van der Waals surface area contributed by atoms with Crippen LogP contribution in [0.1, 0.15) is 5.56 Å². The Labute approximate surface area is 147 Å². The zero-order valence-corrected chi connectivity index (χ0v) is 14.8. The molecular formula is C14H11Cl2N3O2S2. The van der Waals surface area contributed by atoms with Crippen molar-refractivity contribution >= 4 is 50.4 Å². The van der Waals surface area contributed by atoms with Gasteiger partial charge in [-0.2, -0.15) is 5.10 Å². The van der Waals surface area contributed by atoms with Crippen LogP contribution in [-0.2, 0) is 16.6 Å². The lowest BCUT2D eigenvalue weighted by Crippen LogP contribution is -2.12. The fourth-order valence-electron chi connectivity index (χ4n) is 1.94. The van der Waals surface area contributed by atoms with E-state index < -0.39 is 10.0 Å². The quantitative estimate of drug-likeness (QED) is 0.716. The van der Waals surface area contributed by atoms with E-state index in [1.807, 2.05) is 18.2 Å². The average molecular weight is 388 g/mol. The summed E-state index contributed by atoms with van der Waals surface area (Å²) in [7, 11) is -3.68. The van der Waals surface area contributed by atoms with Gasteiger partial charge in [-0.15, -0.1) is 11.3 Å². The van der Waals surface area contributed by atoms with Crippen molar-refractivity contribution < 1.29 is 8.42 Å². The van der Waals surface area contributed by atoms with E-state index >= 15 is 0 Å². The molecule has 1 N–H and O–H groups in total. The molecule has 0 radical (unpaired) electrons. The predicted molar refractivity (Wildman–Crippen MR) is 92.9 cm³/mol. The van der Waals surface area contributed by atoms with Crippen molar-refractivity contribution in [3.63, 3.8) is 0 Å². The molecule has 0 aliphatic carbocycles. The zero-order chi connectivity index (χ0) is 16.4. The highest BCUT2D eigenvalue weighted by Crippen LogP contribution is 2.25. The van der Waals surface area contributed by atoms with Crippen LogP contribution in [-0.4, -0.2) is 18.2 Å². The molecule has 120 valence electrons. The summed E-state index contributed by atoms with van der Waals surface area (Å²) >= 11 is 13.3.